The lowest BCUT2D eigenvalue weighted by atomic mass is 9.66. The molecule has 3 N–H and O–H groups in total. The molecule has 0 saturated carbocycles. The molecule has 0 spiro atoms. The molecule has 0 unspecified atom stereocenters. The highest BCUT2D eigenvalue weighted by atomic mass is 16.5. The monoisotopic (exact) mass is 388 g/mol. The van der Waals surface area contributed by atoms with Crippen LogP contribution in [0.15, 0.2) is 35.6 Å². The van der Waals surface area contributed by atoms with Crippen molar-refractivity contribution < 1.29 is 24.1 Å². The molecule has 1 aliphatic rings. The van der Waals surface area contributed by atoms with Gasteiger partial charge in [0.2, 0.25) is 0 Å². The van der Waals surface area contributed by atoms with Crippen molar-refractivity contribution in [1.29, 1.82) is 0 Å². The molecule has 8 heteroatoms. The fourth-order valence-electron chi connectivity index (χ4n) is 3.89. The van der Waals surface area contributed by atoms with Gasteiger partial charge in [0.05, 0.1) is 25.7 Å². The van der Waals surface area contributed by atoms with Crippen molar-refractivity contribution in [2.24, 2.45) is 5.92 Å². The van der Waals surface area contributed by atoms with Crippen molar-refractivity contribution in [2.45, 2.75) is 24.9 Å². The first-order valence-electron chi connectivity index (χ1n) is 8.85. The standard InChI is InChI=1S/C20H24N2O6/c1-5-8-28-19(24)17-15(11-6-7-13(26-3)14(9-11)27-4)16-12(10-20(17,2)25)21-22-18(16)23/h5-7,9,15,17,25H,1,8,10H2,2-4H3,(H2,21,22,23)/t15-,17-,20-/m0/s1. The minimum absolute atomic E-state index is 0.0143. The fraction of sp³-hybridized carbons (Fsp3) is 0.400. The third kappa shape index (κ3) is 3.31. The second-order valence-corrected chi connectivity index (χ2v) is 6.99. The van der Waals surface area contributed by atoms with Gasteiger partial charge >= 0.3 is 5.97 Å². The van der Waals surface area contributed by atoms with Crippen molar-refractivity contribution in [2.75, 3.05) is 20.8 Å². The summed E-state index contributed by atoms with van der Waals surface area (Å²) in [5.41, 5.74) is -0.188. The van der Waals surface area contributed by atoms with Crippen molar-refractivity contribution >= 4 is 5.97 Å². The number of nitrogens with one attached hydrogen (secondary N) is 2. The third-order valence-electron chi connectivity index (χ3n) is 5.11. The number of fused-ring (bicyclic) bond motifs is 1. The number of esters is 1. The summed E-state index contributed by atoms with van der Waals surface area (Å²) >= 11 is 0. The van der Waals surface area contributed by atoms with Gasteiger partial charge in [-0.3, -0.25) is 14.7 Å². The Kier molecular flexibility index (Phi) is 5.33. The second-order valence-electron chi connectivity index (χ2n) is 6.99. The topological polar surface area (TPSA) is 114 Å². The second kappa shape index (κ2) is 7.55. The average Bonchev–Trinajstić information content (AvgIpc) is 3.03. The predicted octanol–water partition coefficient (Wildman–Crippen LogP) is 1.50. The number of aromatic amines is 2. The summed E-state index contributed by atoms with van der Waals surface area (Å²) < 4.78 is 15.9. The molecule has 0 saturated heterocycles. The highest BCUT2D eigenvalue weighted by Gasteiger charge is 2.51. The van der Waals surface area contributed by atoms with Gasteiger partial charge in [0, 0.05) is 23.6 Å². The van der Waals surface area contributed by atoms with Crippen molar-refractivity contribution in [1.82, 2.24) is 10.2 Å². The van der Waals surface area contributed by atoms with Crippen LogP contribution < -0.4 is 15.0 Å². The van der Waals surface area contributed by atoms with Crippen molar-refractivity contribution in [3.05, 3.63) is 58.0 Å². The molecule has 1 aromatic carbocycles. The summed E-state index contributed by atoms with van der Waals surface area (Å²) in [5, 5.41) is 16.5. The molecule has 1 aromatic heterocycles. The zero-order chi connectivity index (χ0) is 20.5. The summed E-state index contributed by atoms with van der Waals surface area (Å²) in [5.74, 6) is -1.35. The maximum atomic E-state index is 12.9. The molecular formula is C20H24N2O6. The van der Waals surface area contributed by atoms with E-state index < -0.39 is 23.4 Å². The first kappa shape index (κ1) is 19.8. The van der Waals surface area contributed by atoms with Crippen LogP contribution in [0.1, 0.15) is 29.7 Å². The Hall–Kier alpha value is -3.00. The van der Waals surface area contributed by atoms with Crippen LogP contribution in [0.25, 0.3) is 0 Å². The lowest BCUT2D eigenvalue weighted by Gasteiger charge is -2.40. The van der Waals surface area contributed by atoms with E-state index in [1.807, 2.05) is 0 Å². The van der Waals surface area contributed by atoms with Gasteiger partial charge in [0.25, 0.3) is 5.56 Å². The number of H-pyrrole nitrogens is 2. The highest BCUT2D eigenvalue weighted by molar-refractivity contribution is 5.77. The van der Waals surface area contributed by atoms with E-state index in [1.54, 1.807) is 25.1 Å². The van der Waals surface area contributed by atoms with Crippen LogP contribution in [-0.2, 0) is 16.0 Å². The van der Waals surface area contributed by atoms with Crippen molar-refractivity contribution in [3.63, 3.8) is 0 Å². The van der Waals surface area contributed by atoms with Crippen molar-refractivity contribution in [3.8, 4) is 11.5 Å². The first-order valence-corrected chi connectivity index (χ1v) is 8.85. The minimum atomic E-state index is -1.44. The maximum absolute atomic E-state index is 12.9. The van der Waals surface area contributed by atoms with Gasteiger partial charge in [-0.2, -0.15) is 0 Å². The van der Waals surface area contributed by atoms with Crippen LogP contribution in [0.5, 0.6) is 11.5 Å². The number of benzene rings is 1. The summed E-state index contributed by atoms with van der Waals surface area (Å²) in [6, 6.07) is 5.15. The van der Waals surface area contributed by atoms with E-state index in [9.17, 15) is 14.7 Å². The van der Waals surface area contributed by atoms with Crippen LogP contribution in [0, 0.1) is 5.92 Å². The first-order chi connectivity index (χ1) is 13.3. The number of carbonyl (C=O) groups excluding carboxylic acids is 1. The van der Waals surface area contributed by atoms with Gasteiger partial charge in [-0.05, 0) is 24.6 Å². The van der Waals surface area contributed by atoms with Gasteiger partial charge in [0.1, 0.15) is 6.61 Å². The number of methoxy groups -OCH3 is 2. The third-order valence-corrected chi connectivity index (χ3v) is 5.11. The molecule has 3 atom stereocenters. The summed E-state index contributed by atoms with van der Waals surface area (Å²) in [4.78, 5) is 25.4. The molecule has 0 radical (unpaired) electrons. The molecule has 0 fully saturated rings. The molecule has 2 aromatic rings. The van der Waals surface area contributed by atoms with Crippen LogP contribution in [-0.4, -0.2) is 47.7 Å². The number of carbonyl (C=O) groups is 1. The van der Waals surface area contributed by atoms with E-state index in [2.05, 4.69) is 16.8 Å². The molecule has 1 heterocycles. The van der Waals surface area contributed by atoms with E-state index in [4.69, 9.17) is 14.2 Å². The Morgan fingerprint density at radius 2 is 2.04 bits per heavy atom. The van der Waals surface area contributed by atoms with Crippen LogP contribution in [0.3, 0.4) is 0 Å². The molecule has 0 bridgehead atoms. The smallest absolute Gasteiger partial charge is 0.313 e. The Bertz CT molecular complexity index is 942. The molecular weight excluding hydrogens is 364 g/mol. The zero-order valence-corrected chi connectivity index (χ0v) is 16.1. The summed E-state index contributed by atoms with van der Waals surface area (Å²) in [7, 11) is 3.02. The number of aliphatic hydroxyl groups is 1. The largest absolute Gasteiger partial charge is 0.493 e. The van der Waals surface area contributed by atoms with E-state index in [-0.39, 0.29) is 18.6 Å². The van der Waals surface area contributed by atoms with Crippen LogP contribution >= 0.6 is 0 Å². The fourth-order valence-corrected chi connectivity index (χ4v) is 3.89. The number of ether oxygens (including phenoxy) is 3. The summed E-state index contributed by atoms with van der Waals surface area (Å²) in [6.45, 7) is 5.12. The van der Waals surface area contributed by atoms with Crippen LogP contribution in [0.2, 0.25) is 0 Å². The van der Waals surface area contributed by atoms with E-state index in [0.29, 0.717) is 28.3 Å². The Morgan fingerprint density at radius 3 is 2.68 bits per heavy atom. The van der Waals surface area contributed by atoms with Gasteiger partial charge in [-0.25, -0.2) is 0 Å². The predicted molar refractivity (Wildman–Crippen MR) is 102 cm³/mol. The molecule has 3 rings (SSSR count). The lowest BCUT2D eigenvalue weighted by molar-refractivity contribution is -0.158. The highest BCUT2D eigenvalue weighted by Crippen LogP contribution is 2.46. The Morgan fingerprint density at radius 1 is 1.32 bits per heavy atom. The van der Waals surface area contributed by atoms with E-state index >= 15 is 0 Å². The van der Waals surface area contributed by atoms with Crippen LogP contribution in [0.4, 0.5) is 0 Å². The molecule has 28 heavy (non-hydrogen) atoms. The number of aromatic nitrogens is 2. The maximum Gasteiger partial charge on any atom is 0.313 e. The van der Waals surface area contributed by atoms with E-state index in [1.165, 1.54) is 20.3 Å². The van der Waals surface area contributed by atoms with Gasteiger partial charge in [-0.1, -0.05) is 18.7 Å². The SMILES string of the molecule is C=CCOC(=O)[C@@H]1[C@@H](c2ccc(OC)c(OC)c2)c2c([nH][nH]c2=O)C[C@]1(C)O. The molecule has 0 amide bonds. The Labute approximate surface area is 162 Å². The molecule has 150 valence electrons. The Balaban J connectivity index is 2.19. The number of hydrogen-bond donors (Lipinski definition) is 3. The van der Waals surface area contributed by atoms with Gasteiger partial charge < -0.3 is 24.4 Å². The van der Waals surface area contributed by atoms with Gasteiger partial charge in [0.15, 0.2) is 11.5 Å². The summed E-state index contributed by atoms with van der Waals surface area (Å²) in [6.07, 6.45) is 1.56. The van der Waals surface area contributed by atoms with Gasteiger partial charge in [-0.15, -0.1) is 0 Å². The quantitative estimate of drug-likeness (QED) is 0.511. The minimum Gasteiger partial charge on any atom is -0.493 e. The van der Waals surface area contributed by atoms with E-state index in [0.717, 1.165) is 0 Å². The lowest BCUT2D eigenvalue weighted by Crippen LogP contribution is -2.50. The normalized spacial score (nSPS) is 23.6. The number of rotatable bonds is 6. The zero-order valence-electron chi connectivity index (χ0n) is 16.1. The molecule has 0 aliphatic heterocycles. The molecule has 8 nitrogen and oxygen atoms in total. The number of hydrogen-bond acceptors (Lipinski definition) is 6. The molecule has 1 aliphatic carbocycles. The average molecular weight is 388 g/mol.